The fourth-order valence-corrected chi connectivity index (χ4v) is 4.41. The van der Waals surface area contributed by atoms with Crippen molar-refractivity contribution in [2.45, 2.75) is 78.6 Å². The van der Waals surface area contributed by atoms with Gasteiger partial charge in [0.05, 0.1) is 29.3 Å². The van der Waals surface area contributed by atoms with Crippen LogP contribution in [0.5, 0.6) is 0 Å². The lowest BCUT2D eigenvalue weighted by atomic mass is 9.81. The molecule has 0 fully saturated rings. The molecule has 1 aromatic heterocycles. The SMILES string of the molecule is C/C(=C\c1csc(C)n1)[C@@H]1C/C=C\CCC(=O)[C@H](C)C(O)[C@H](C)C(=O)C(C)[C@@H](O)CC(=O)O1. The summed E-state index contributed by atoms with van der Waals surface area (Å²) in [7, 11) is 0. The Kier molecular flexibility index (Phi) is 10.1. The van der Waals surface area contributed by atoms with E-state index in [2.05, 4.69) is 4.98 Å². The fraction of sp³-hybridized carbons (Fsp3) is 0.600. The van der Waals surface area contributed by atoms with Crippen LogP contribution in [0.25, 0.3) is 6.08 Å². The Morgan fingerprint density at radius 1 is 1.12 bits per heavy atom. The molecule has 0 saturated heterocycles. The Labute approximate surface area is 199 Å². The maximum absolute atomic E-state index is 12.8. The van der Waals surface area contributed by atoms with Gasteiger partial charge in [0.2, 0.25) is 0 Å². The molecule has 1 aromatic rings. The van der Waals surface area contributed by atoms with Gasteiger partial charge in [0, 0.05) is 36.0 Å². The molecule has 0 saturated carbocycles. The Morgan fingerprint density at radius 2 is 1.82 bits per heavy atom. The van der Waals surface area contributed by atoms with Gasteiger partial charge in [0.25, 0.3) is 0 Å². The highest BCUT2D eigenvalue weighted by Crippen LogP contribution is 2.24. The summed E-state index contributed by atoms with van der Waals surface area (Å²) in [4.78, 5) is 42.3. The van der Waals surface area contributed by atoms with E-state index < -0.39 is 42.0 Å². The number of hydrogen-bond donors (Lipinski definition) is 2. The number of aromatic nitrogens is 1. The summed E-state index contributed by atoms with van der Waals surface area (Å²) in [6.45, 7) is 8.46. The number of ether oxygens (including phenoxy) is 1. The minimum atomic E-state index is -1.25. The minimum absolute atomic E-state index is 0.120. The molecular formula is C25H35NO6S. The van der Waals surface area contributed by atoms with Gasteiger partial charge in [-0.25, -0.2) is 4.98 Å². The lowest BCUT2D eigenvalue weighted by Gasteiger charge is -2.27. The Bertz CT molecular complexity index is 904. The second-order valence-electron chi connectivity index (χ2n) is 8.90. The van der Waals surface area contributed by atoms with Crippen LogP contribution >= 0.6 is 11.3 Å². The molecule has 6 atom stereocenters. The molecule has 7 nitrogen and oxygen atoms in total. The minimum Gasteiger partial charge on any atom is -0.457 e. The van der Waals surface area contributed by atoms with E-state index in [-0.39, 0.29) is 24.4 Å². The van der Waals surface area contributed by atoms with Gasteiger partial charge in [-0.3, -0.25) is 14.4 Å². The van der Waals surface area contributed by atoms with Crippen molar-refractivity contribution < 1.29 is 29.3 Å². The Balaban J connectivity index is 2.27. The maximum atomic E-state index is 12.8. The molecule has 2 N–H and O–H groups in total. The fourth-order valence-electron chi connectivity index (χ4n) is 3.84. The number of aliphatic hydroxyl groups is 2. The number of nitrogens with zero attached hydrogens (tertiary/aromatic N) is 1. The van der Waals surface area contributed by atoms with Gasteiger partial charge in [-0.05, 0) is 31.9 Å². The predicted octanol–water partition coefficient (Wildman–Crippen LogP) is 3.67. The smallest absolute Gasteiger partial charge is 0.309 e. The first-order valence-corrected chi connectivity index (χ1v) is 12.3. The van der Waals surface area contributed by atoms with E-state index in [9.17, 15) is 24.6 Å². The van der Waals surface area contributed by atoms with Crippen LogP contribution in [0, 0.1) is 24.7 Å². The van der Waals surface area contributed by atoms with Crippen molar-refractivity contribution in [1.82, 2.24) is 4.98 Å². The van der Waals surface area contributed by atoms with Gasteiger partial charge in [-0.15, -0.1) is 11.3 Å². The maximum Gasteiger partial charge on any atom is 0.309 e. The van der Waals surface area contributed by atoms with E-state index >= 15 is 0 Å². The molecule has 0 aromatic carbocycles. The molecule has 0 aliphatic carbocycles. The number of cyclic esters (lactones) is 1. The molecule has 1 aliphatic heterocycles. The number of allylic oxidation sites excluding steroid dienone is 1. The van der Waals surface area contributed by atoms with Gasteiger partial charge in [-0.1, -0.05) is 32.9 Å². The van der Waals surface area contributed by atoms with Crippen LogP contribution in [-0.2, 0) is 19.1 Å². The van der Waals surface area contributed by atoms with Gasteiger partial charge >= 0.3 is 5.97 Å². The average molecular weight is 478 g/mol. The Hall–Kier alpha value is -2.16. The number of thiazole rings is 1. The number of aryl methyl sites for hydroxylation is 1. The molecular weight excluding hydrogens is 442 g/mol. The summed E-state index contributed by atoms with van der Waals surface area (Å²) in [6, 6.07) is 0. The van der Waals surface area contributed by atoms with Crippen LogP contribution in [0.3, 0.4) is 0 Å². The molecule has 0 radical (unpaired) electrons. The Morgan fingerprint density at radius 3 is 2.45 bits per heavy atom. The third-order valence-corrected chi connectivity index (χ3v) is 7.04. The third-order valence-electron chi connectivity index (χ3n) is 6.25. The first-order valence-electron chi connectivity index (χ1n) is 11.4. The number of carbonyl (C=O) groups excluding carboxylic acids is 3. The topological polar surface area (TPSA) is 114 Å². The van der Waals surface area contributed by atoms with E-state index in [1.807, 2.05) is 37.5 Å². The first kappa shape index (κ1) is 27.1. The zero-order valence-electron chi connectivity index (χ0n) is 20.0. The number of ketones is 2. The quantitative estimate of drug-likeness (QED) is 0.493. The number of hydrogen-bond acceptors (Lipinski definition) is 8. The van der Waals surface area contributed by atoms with Crippen molar-refractivity contribution in [1.29, 1.82) is 0 Å². The van der Waals surface area contributed by atoms with Crippen LogP contribution in [0.4, 0.5) is 0 Å². The lowest BCUT2D eigenvalue weighted by Crippen LogP contribution is -2.40. The number of esters is 1. The highest BCUT2D eigenvalue weighted by molar-refractivity contribution is 7.09. The van der Waals surface area contributed by atoms with Gasteiger partial charge in [0.1, 0.15) is 17.7 Å². The summed E-state index contributed by atoms with van der Waals surface area (Å²) in [5.41, 5.74) is 1.59. The predicted molar refractivity (Wildman–Crippen MR) is 128 cm³/mol. The molecule has 8 heteroatoms. The van der Waals surface area contributed by atoms with Crippen molar-refractivity contribution >= 4 is 34.9 Å². The molecule has 0 bridgehead atoms. The van der Waals surface area contributed by atoms with Crippen LogP contribution in [0.15, 0.2) is 23.1 Å². The van der Waals surface area contributed by atoms with E-state index in [0.717, 1.165) is 16.3 Å². The first-order chi connectivity index (χ1) is 15.5. The molecule has 1 aliphatic rings. The van der Waals surface area contributed by atoms with Crippen molar-refractivity contribution in [3.63, 3.8) is 0 Å². The van der Waals surface area contributed by atoms with E-state index in [0.29, 0.717) is 12.8 Å². The average Bonchev–Trinajstić information content (AvgIpc) is 3.18. The number of rotatable bonds is 2. The van der Waals surface area contributed by atoms with Crippen molar-refractivity contribution in [2.24, 2.45) is 17.8 Å². The van der Waals surface area contributed by atoms with E-state index in [4.69, 9.17) is 4.74 Å². The van der Waals surface area contributed by atoms with Gasteiger partial charge < -0.3 is 14.9 Å². The van der Waals surface area contributed by atoms with Crippen LogP contribution in [0.1, 0.15) is 64.1 Å². The standard InChI is InChI=1S/C25H35NO6S/c1-14(11-19-13-33-18(5)26-19)22-10-8-6-7-9-20(27)15(2)24(30)17(4)25(31)16(3)21(28)12-23(29)32-22/h6,8,11,13,15-17,21-22,24,28,30H,7,9-10,12H2,1-5H3/b8-6-,14-11+/t15-,16?,17-,21-,22-,24?/m0/s1. The molecule has 2 rings (SSSR count). The largest absolute Gasteiger partial charge is 0.457 e. The van der Waals surface area contributed by atoms with Crippen LogP contribution < -0.4 is 0 Å². The number of aliphatic hydroxyl groups excluding tert-OH is 2. The molecule has 182 valence electrons. The zero-order chi connectivity index (χ0) is 24.7. The zero-order valence-corrected chi connectivity index (χ0v) is 20.8. The lowest BCUT2D eigenvalue weighted by molar-refractivity contribution is -0.151. The second kappa shape index (κ2) is 12.3. The van der Waals surface area contributed by atoms with Crippen LogP contribution in [0.2, 0.25) is 0 Å². The van der Waals surface area contributed by atoms with Crippen LogP contribution in [-0.4, -0.2) is 51.0 Å². The summed E-state index contributed by atoms with van der Waals surface area (Å²) in [5, 5.41) is 23.9. The summed E-state index contributed by atoms with van der Waals surface area (Å²) in [6.07, 6.45) is 3.44. The summed E-state index contributed by atoms with van der Waals surface area (Å²) in [5.74, 6) is -3.53. The normalized spacial score (nSPS) is 32.5. The van der Waals surface area contributed by atoms with Gasteiger partial charge in [-0.2, -0.15) is 0 Å². The van der Waals surface area contributed by atoms with Crippen molar-refractivity contribution in [2.75, 3.05) is 0 Å². The molecule has 0 amide bonds. The van der Waals surface area contributed by atoms with E-state index in [1.165, 1.54) is 18.3 Å². The van der Waals surface area contributed by atoms with Gasteiger partial charge in [0.15, 0.2) is 0 Å². The molecule has 0 spiro atoms. The van der Waals surface area contributed by atoms with E-state index in [1.54, 1.807) is 13.8 Å². The van der Waals surface area contributed by atoms with Crippen molar-refractivity contribution in [3.8, 4) is 0 Å². The summed E-state index contributed by atoms with van der Waals surface area (Å²) < 4.78 is 5.66. The highest BCUT2D eigenvalue weighted by atomic mass is 32.1. The second-order valence-corrected chi connectivity index (χ2v) is 9.96. The highest BCUT2D eigenvalue weighted by Gasteiger charge is 2.35. The molecule has 2 heterocycles. The summed E-state index contributed by atoms with van der Waals surface area (Å²) >= 11 is 1.53. The molecule has 33 heavy (non-hydrogen) atoms. The number of carbonyl (C=O) groups is 3. The third kappa shape index (κ3) is 7.69. The van der Waals surface area contributed by atoms with Crippen molar-refractivity contribution in [3.05, 3.63) is 33.8 Å². The number of Topliss-reactive ketones (excluding diaryl/α,β-unsaturated/α-hetero) is 2. The molecule has 2 unspecified atom stereocenters. The monoisotopic (exact) mass is 477 g/mol.